The van der Waals surface area contributed by atoms with Crippen molar-refractivity contribution in [2.24, 2.45) is 0 Å². The third-order valence-corrected chi connectivity index (χ3v) is 5.45. The van der Waals surface area contributed by atoms with Crippen LogP contribution in [0.1, 0.15) is 12.5 Å². The highest BCUT2D eigenvalue weighted by molar-refractivity contribution is 5.93. The second-order valence-corrected chi connectivity index (χ2v) is 7.56. The van der Waals surface area contributed by atoms with Gasteiger partial charge >= 0.3 is 5.69 Å². The molecule has 2 heterocycles. The molecule has 0 aliphatic heterocycles. The Balaban J connectivity index is 1.85. The van der Waals surface area contributed by atoms with Crippen LogP contribution in [0.2, 0.25) is 0 Å². The lowest BCUT2D eigenvalue weighted by molar-refractivity contribution is -0.119. The maximum Gasteiger partial charge on any atom is 0.337 e. The molecule has 33 heavy (non-hydrogen) atoms. The fraction of sp³-hybridized carbons (Fsp3) is 0.200. The standard InChI is InChI=1S/C25H24N4O4/c1-4-27(19-8-5-7-17(2)15-19)22(30)16-28-24(31)21-9-6-14-26-23(21)29(25(28)32)18-10-12-20(33-3)13-11-18/h5-15H,4,16H2,1-3H3. The van der Waals surface area contributed by atoms with E-state index in [9.17, 15) is 14.4 Å². The molecular formula is C25H24N4O4. The molecule has 0 radical (unpaired) electrons. The number of methoxy groups -OCH3 is 1. The van der Waals surface area contributed by atoms with Crippen molar-refractivity contribution < 1.29 is 9.53 Å². The molecule has 0 bridgehead atoms. The maximum atomic E-state index is 13.5. The van der Waals surface area contributed by atoms with Crippen molar-refractivity contribution in [2.75, 3.05) is 18.6 Å². The molecule has 0 N–H and O–H groups in total. The van der Waals surface area contributed by atoms with Gasteiger partial charge < -0.3 is 9.64 Å². The Labute approximate surface area is 190 Å². The minimum atomic E-state index is -0.634. The molecule has 168 valence electrons. The van der Waals surface area contributed by atoms with Gasteiger partial charge in [-0.3, -0.25) is 9.59 Å². The lowest BCUT2D eigenvalue weighted by atomic mass is 10.2. The van der Waals surface area contributed by atoms with Crippen LogP contribution >= 0.6 is 0 Å². The summed E-state index contributed by atoms with van der Waals surface area (Å²) >= 11 is 0. The molecular weight excluding hydrogens is 420 g/mol. The number of carbonyl (C=O) groups is 1. The van der Waals surface area contributed by atoms with E-state index in [1.54, 1.807) is 48.4 Å². The van der Waals surface area contributed by atoms with Crippen LogP contribution < -0.4 is 20.9 Å². The molecule has 4 rings (SSSR count). The number of benzene rings is 2. The van der Waals surface area contributed by atoms with Crippen LogP contribution in [0.3, 0.4) is 0 Å². The summed E-state index contributed by atoms with van der Waals surface area (Å²) in [6.45, 7) is 3.80. The highest BCUT2D eigenvalue weighted by atomic mass is 16.5. The first-order valence-electron chi connectivity index (χ1n) is 10.6. The van der Waals surface area contributed by atoms with E-state index in [-0.39, 0.29) is 23.5 Å². The largest absolute Gasteiger partial charge is 0.497 e. The molecule has 8 heteroatoms. The molecule has 0 aliphatic carbocycles. The monoisotopic (exact) mass is 444 g/mol. The Kier molecular flexibility index (Phi) is 6.08. The number of hydrogen-bond acceptors (Lipinski definition) is 5. The molecule has 0 fully saturated rings. The topological polar surface area (TPSA) is 86.4 Å². The van der Waals surface area contributed by atoms with Gasteiger partial charge in [-0.2, -0.15) is 0 Å². The number of pyridine rings is 1. The lowest BCUT2D eigenvalue weighted by Gasteiger charge is -2.22. The van der Waals surface area contributed by atoms with Crippen LogP contribution in [0.5, 0.6) is 5.75 Å². The zero-order valence-corrected chi connectivity index (χ0v) is 18.7. The highest BCUT2D eigenvalue weighted by Gasteiger charge is 2.21. The lowest BCUT2D eigenvalue weighted by Crippen LogP contribution is -2.45. The van der Waals surface area contributed by atoms with Gasteiger partial charge in [0.25, 0.3) is 5.56 Å². The van der Waals surface area contributed by atoms with Gasteiger partial charge in [-0.05, 0) is 67.9 Å². The van der Waals surface area contributed by atoms with Crippen molar-refractivity contribution in [3.63, 3.8) is 0 Å². The number of carbonyl (C=O) groups excluding carboxylic acids is 1. The van der Waals surface area contributed by atoms with Crippen LogP contribution in [0, 0.1) is 6.92 Å². The van der Waals surface area contributed by atoms with E-state index in [1.807, 2.05) is 38.1 Å². The minimum absolute atomic E-state index is 0.229. The first kappa shape index (κ1) is 22.0. The molecule has 2 aromatic carbocycles. The van der Waals surface area contributed by atoms with E-state index in [2.05, 4.69) is 4.98 Å². The number of aryl methyl sites for hydroxylation is 1. The number of hydrogen-bond donors (Lipinski definition) is 0. The van der Waals surface area contributed by atoms with Crippen molar-refractivity contribution >= 4 is 22.6 Å². The van der Waals surface area contributed by atoms with Gasteiger partial charge in [0.15, 0.2) is 5.65 Å². The highest BCUT2D eigenvalue weighted by Crippen LogP contribution is 2.18. The number of nitrogens with zero attached hydrogens (tertiary/aromatic N) is 4. The van der Waals surface area contributed by atoms with E-state index >= 15 is 0 Å². The average Bonchev–Trinajstić information content (AvgIpc) is 2.83. The number of anilines is 1. The van der Waals surface area contributed by atoms with Crippen LogP contribution in [0.15, 0.2) is 76.4 Å². The summed E-state index contributed by atoms with van der Waals surface area (Å²) in [6, 6.07) is 17.6. The number of fused-ring (bicyclic) bond motifs is 1. The Bertz CT molecular complexity index is 1440. The number of amides is 1. The van der Waals surface area contributed by atoms with Crippen LogP contribution in [-0.4, -0.2) is 33.7 Å². The molecule has 0 aliphatic rings. The fourth-order valence-electron chi connectivity index (χ4n) is 3.81. The van der Waals surface area contributed by atoms with Gasteiger partial charge in [-0.25, -0.2) is 18.9 Å². The Morgan fingerprint density at radius 1 is 1.06 bits per heavy atom. The van der Waals surface area contributed by atoms with Gasteiger partial charge in [-0.1, -0.05) is 12.1 Å². The minimum Gasteiger partial charge on any atom is -0.497 e. The van der Waals surface area contributed by atoms with E-state index in [4.69, 9.17) is 4.74 Å². The zero-order valence-electron chi connectivity index (χ0n) is 18.7. The molecule has 4 aromatic rings. The number of rotatable bonds is 6. The summed E-state index contributed by atoms with van der Waals surface area (Å²) in [7, 11) is 1.55. The van der Waals surface area contributed by atoms with Gasteiger partial charge in [-0.15, -0.1) is 0 Å². The second kappa shape index (κ2) is 9.12. The van der Waals surface area contributed by atoms with Gasteiger partial charge in [0.1, 0.15) is 12.3 Å². The van der Waals surface area contributed by atoms with E-state index in [0.29, 0.717) is 23.7 Å². The predicted molar refractivity (Wildman–Crippen MR) is 127 cm³/mol. The van der Waals surface area contributed by atoms with E-state index in [1.165, 1.54) is 10.8 Å². The summed E-state index contributed by atoms with van der Waals surface area (Å²) in [5.74, 6) is 0.274. The maximum absolute atomic E-state index is 13.5. The van der Waals surface area contributed by atoms with Gasteiger partial charge in [0.2, 0.25) is 5.91 Å². The van der Waals surface area contributed by atoms with Crippen molar-refractivity contribution in [3.8, 4) is 11.4 Å². The molecule has 1 amide bonds. The summed E-state index contributed by atoms with van der Waals surface area (Å²) in [6.07, 6.45) is 1.52. The van der Waals surface area contributed by atoms with E-state index in [0.717, 1.165) is 10.1 Å². The summed E-state index contributed by atoms with van der Waals surface area (Å²) in [5, 5.41) is 0.249. The third-order valence-electron chi connectivity index (χ3n) is 5.45. The number of aromatic nitrogens is 3. The molecule has 2 aromatic heterocycles. The average molecular weight is 444 g/mol. The van der Waals surface area contributed by atoms with Crippen LogP contribution in [-0.2, 0) is 11.3 Å². The van der Waals surface area contributed by atoms with Crippen LogP contribution in [0.25, 0.3) is 16.7 Å². The molecule has 0 spiro atoms. The fourth-order valence-corrected chi connectivity index (χ4v) is 3.81. The predicted octanol–water partition coefficient (Wildman–Crippen LogP) is 2.92. The van der Waals surface area contributed by atoms with Gasteiger partial charge in [0, 0.05) is 18.4 Å². The third kappa shape index (κ3) is 4.15. The van der Waals surface area contributed by atoms with Crippen LogP contribution in [0.4, 0.5) is 5.69 Å². The van der Waals surface area contributed by atoms with Gasteiger partial charge in [0.05, 0.1) is 18.2 Å². The molecule has 0 unspecified atom stereocenters. The first-order chi connectivity index (χ1) is 15.9. The number of ether oxygens (including phenoxy) is 1. The molecule has 0 saturated carbocycles. The summed E-state index contributed by atoms with van der Waals surface area (Å²) in [4.78, 5) is 45.7. The number of likely N-dealkylation sites (N-methyl/N-ethyl adjacent to an activating group) is 1. The SMILES string of the molecule is CCN(C(=O)Cn1c(=O)c2cccnc2n(-c2ccc(OC)cc2)c1=O)c1cccc(C)c1. The molecule has 0 atom stereocenters. The zero-order chi connectivity index (χ0) is 23.5. The van der Waals surface area contributed by atoms with E-state index < -0.39 is 11.2 Å². The van der Waals surface area contributed by atoms with Crippen molar-refractivity contribution in [2.45, 2.75) is 20.4 Å². The smallest absolute Gasteiger partial charge is 0.337 e. The summed E-state index contributed by atoms with van der Waals surface area (Å²) < 4.78 is 7.51. The van der Waals surface area contributed by atoms with Crippen molar-refractivity contribution in [1.29, 1.82) is 0 Å². The molecule has 8 nitrogen and oxygen atoms in total. The Hall–Kier alpha value is -4.20. The quantitative estimate of drug-likeness (QED) is 0.456. The second-order valence-electron chi connectivity index (χ2n) is 7.56. The Morgan fingerprint density at radius 2 is 1.82 bits per heavy atom. The first-order valence-corrected chi connectivity index (χ1v) is 10.6. The van der Waals surface area contributed by atoms with Crippen molar-refractivity contribution in [3.05, 3.63) is 93.3 Å². The normalized spacial score (nSPS) is 10.9. The Morgan fingerprint density at radius 3 is 2.48 bits per heavy atom. The summed E-state index contributed by atoms with van der Waals surface area (Å²) in [5.41, 5.74) is 1.28. The van der Waals surface area contributed by atoms with Crippen molar-refractivity contribution in [1.82, 2.24) is 14.1 Å². The molecule has 0 saturated heterocycles.